The van der Waals surface area contributed by atoms with Gasteiger partial charge in [0.1, 0.15) is 0 Å². The van der Waals surface area contributed by atoms with Gasteiger partial charge in [-0.05, 0) is 32.9 Å². The van der Waals surface area contributed by atoms with Crippen molar-refractivity contribution in [2.45, 2.75) is 26.6 Å². The van der Waals surface area contributed by atoms with Crippen molar-refractivity contribution in [3.63, 3.8) is 0 Å². The predicted molar refractivity (Wildman–Crippen MR) is 96.6 cm³/mol. The summed E-state index contributed by atoms with van der Waals surface area (Å²) >= 11 is 0. The van der Waals surface area contributed by atoms with Crippen LogP contribution >= 0.6 is 7.60 Å². The van der Waals surface area contributed by atoms with E-state index in [1.807, 2.05) is 25.1 Å². The number of hydrogen-bond acceptors (Lipinski definition) is 5. The Bertz CT molecular complexity index is 717. The van der Waals surface area contributed by atoms with Gasteiger partial charge in [-0.2, -0.15) is 0 Å². The Hall–Kier alpha value is -1.94. The smallest absolute Gasteiger partial charge is 0.375 e. The van der Waals surface area contributed by atoms with Crippen molar-refractivity contribution in [3.8, 4) is 0 Å². The molecule has 0 bridgehead atoms. The Morgan fingerprint density at radius 2 is 1.52 bits per heavy atom. The number of hydrogen-bond donors (Lipinski definition) is 0. The lowest BCUT2D eigenvalue weighted by molar-refractivity contribution is 0.0364. The first-order chi connectivity index (χ1) is 12.0. The number of benzene rings is 2. The van der Waals surface area contributed by atoms with Gasteiger partial charge in [-0.3, -0.25) is 4.57 Å². The summed E-state index contributed by atoms with van der Waals surface area (Å²) in [5.74, 6) is -1.70. The van der Waals surface area contributed by atoms with Crippen molar-refractivity contribution in [2.24, 2.45) is 0 Å². The van der Waals surface area contributed by atoms with Gasteiger partial charge in [-0.15, -0.1) is 0 Å². The van der Waals surface area contributed by atoms with E-state index in [0.717, 1.165) is 5.56 Å². The SMILES string of the molecule is CCOP(=O)(OCC)C(OC(=O)c1ccc(C)cc1)c1ccccc1. The number of esters is 1. The van der Waals surface area contributed by atoms with Gasteiger partial charge in [0, 0.05) is 5.56 Å². The second kappa shape index (κ2) is 8.95. The van der Waals surface area contributed by atoms with Crippen molar-refractivity contribution in [2.75, 3.05) is 13.2 Å². The second-order valence-corrected chi connectivity index (χ2v) is 7.47. The molecule has 0 aromatic heterocycles. The molecule has 0 aliphatic heterocycles. The number of rotatable bonds is 8. The maximum Gasteiger partial charge on any atom is 0.375 e. The molecule has 2 aromatic carbocycles. The molecule has 0 spiro atoms. The fourth-order valence-corrected chi connectivity index (χ4v) is 4.15. The Balaban J connectivity index is 2.36. The molecule has 0 saturated carbocycles. The van der Waals surface area contributed by atoms with Crippen LogP contribution in [0.15, 0.2) is 54.6 Å². The average Bonchev–Trinajstić information content (AvgIpc) is 2.61. The summed E-state index contributed by atoms with van der Waals surface area (Å²) in [4.78, 5) is 12.5. The first-order valence-corrected chi connectivity index (χ1v) is 9.82. The van der Waals surface area contributed by atoms with Crippen LogP contribution in [0, 0.1) is 6.92 Å². The van der Waals surface area contributed by atoms with E-state index in [2.05, 4.69) is 0 Å². The molecule has 134 valence electrons. The summed E-state index contributed by atoms with van der Waals surface area (Å²) in [6, 6.07) is 15.8. The van der Waals surface area contributed by atoms with Crippen molar-refractivity contribution >= 4 is 13.6 Å². The van der Waals surface area contributed by atoms with Gasteiger partial charge in [0.05, 0.1) is 18.8 Å². The normalized spacial score (nSPS) is 12.6. The van der Waals surface area contributed by atoms with Gasteiger partial charge < -0.3 is 13.8 Å². The van der Waals surface area contributed by atoms with Crippen LogP contribution in [-0.4, -0.2) is 19.2 Å². The minimum absolute atomic E-state index is 0.183. The molecule has 5 nitrogen and oxygen atoms in total. The molecule has 0 radical (unpaired) electrons. The van der Waals surface area contributed by atoms with Crippen LogP contribution in [0.25, 0.3) is 0 Å². The minimum atomic E-state index is -3.68. The maximum atomic E-state index is 13.2. The summed E-state index contributed by atoms with van der Waals surface area (Å²) in [7, 11) is -3.68. The van der Waals surface area contributed by atoms with E-state index in [9.17, 15) is 9.36 Å². The van der Waals surface area contributed by atoms with E-state index in [1.54, 1.807) is 50.2 Å². The molecule has 0 fully saturated rings. The van der Waals surface area contributed by atoms with Crippen LogP contribution in [0.2, 0.25) is 0 Å². The van der Waals surface area contributed by atoms with E-state index in [4.69, 9.17) is 13.8 Å². The molecule has 1 unspecified atom stereocenters. The quantitative estimate of drug-likeness (QED) is 0.482. The molecule has 2 aromatic rings. The van der Waals surface area contributed by atoms with Gasteiger partial charge >= 0.3 is 13.6 Å². The van der Waals surface area contributed by atoms with Gasteiger partial charge in [-0.1, -0.05) is 48.0 Å². The standard InChI is InChI=1S/C19H23O5P/c1-4-22-25(21,23-5-2)19(17-9-7-6-8-10-17)24-18(20)16-13-11-15(3)12-14-16/h6-14,19H,4-5H2,1-3H3. The summed E-state index contributed by atoms with van der Waals surface area (Å²) in [5.41, 5.74) is 1.98. The molecule has 0 heterocycles. The first-order valence-electron chi connectivity index (χ1n) is 8.21. The zero-order valence-corrected chi connectivity index (χ0v) is 15.6. The molecule has 0 aliphatic rings. The van der Waals surface area contributed by atoms with E-state index in [1.165, 1.54) is 0 Å². The van der Waals surface area contributed by atoms with E-state index in [0.29, 0.717) is 11.1 Å². The van der Waals surface area contributed by atoms with Crippen LogP contribution in [0.1, 0.15) is 41.2 Å². The number of aryl methyl sites for hydroxylation is 1. The summed E-state index contributed by atoms with van der Waals surface area (Å²) in [6.07, 6.45) is 0. The topological polar surface area (TPSA) is 61.8 Å². The van der Waals surface area contributed by atoms with Crippen molar-refractivity contribution in [3.05, 3.63) is 71.3 Å². The van der Waals surface area contributed by atoms with Gasteiger partial charge in [0.25, 0.3) is 0 Å². The highest BCUT2D eigenvalue weighted by Gasteiger charge is 2.40. The summed E-state index contributed by atoms with van der Waals surface area (Å²) in [6.45, 7) is 5.73. The molecular formula is C19H23O5P. The Morgan fingerprint density at radius 1 is 0.960 bits per heavy atom. The van der Waals surface area contributed by atoms with Crippen LogP contribution < -0.4 is 0 Å². The highest BCUT2D eigenvalue weighted by molar-refractivity contribution is 7.54. The van der Waals surface area contributed by atoms with Crippen LogP contribution in [-0.2, 0) is 18.3 Å². The largest absolute Gasteiger partial charge is 0.441 e. The predicted octanol–water partition coefficient (Wildman–Crippen LogP) is 5.12. The maximum absolute atomic E-state index is 13.2. The Morgan fingerprint density at radius 3 is 2.04 bits per heavy atom. The van der Waals surface area contributed by atoms with Crippen LogP contribution in [0.5, 0.6) is 0 Å². The fourth-order valence-electron chi connectivity index (χ4n) is 2.32. The average molecular weight is 362 g/mol. The molecule has 0 amide bonds. The van der Waals surface area contributed by atoms with Crippen molar-refractivity contribution in [1.29, 1.82) is 0 Å². The summed E-state index contributed by atoms with van der Waals surface area (Å²) < 4.78 is 29.6. The van der Waals surface area contributed by atoms with E-state index >= 15 is 0 Å². The molecular weight excluding hydrogens is 339 g/mol. The Labute approximate surface area is 148 Å². The van der Waals surface area contributed by atoms with Crippen molar-refractivity contribution in [1.82, 2.24) is 0 Å². The van der Waals surface area contributed by atoms with E-state index in [-0.39, 0.29) is 13.2 Å². The van der Waals surface area contributed by atoms with Crippen LogP contribution in [0.3, 0.4) is 0 Å². The monoisotopic (exact) mass is 362 g/mol. The highest BCUT2D eigenvalue weighted by Crippen LogP contribution is 2.61. The second-order valence-electron chi connectivity index (χ2n) is 5.41. The lowest BCUT2D eigenvalue weighted by Gasteiger charge is -2.26. The third kappa shape index (κ3) is 5.02. The zero-order valence-electron chi connectivity index (χ0n) is 14.7. The number of carbonyl (C=O) groups is 1. The lowest BCUT2D eigenvalue weighted by atomic mass is 10.1. The molecule has 25 heavy (non-hydrogen) atoms. The molecule has 1 atom stereocenters. The highest BCUT2D eigenvalue weighted by atomic mass is 31.2. The molecule has 0 aliphatic carbocycles. The molecule has 2 rings (SSSR count). The van der Waals surface area contributed by atoms with Gasteiger partial charge in [0.15, 0.2) is 0 Å². The third-order valence-electron chi connectivity index (χ3n) is 3.50. The number of carbonyl (C=O) groups excluding carboxylic acids is 1. The van der Waals surface area contributed by atoms with Crippen LogP contribution in [0.4, 0.5) is 0 Å². The lowest BCUT2D eigenvalue weighted by Crippen LogP contribution is -2.15. The fraction of sp³-hybridized carbons (Fsp3) is 0.316. The van der Waals surface area contributed by atoms with E-state index < -0.39 is 19.4 Å². The third-order valence-corrected chi connectivity index (χ3v) is 5.71. The molecule has 0 saturated heterocycles. The molecule has 0 N–H and O–H groups in total. The number of ether oxygens (including phenoxy) is 1. The van der Waals surface area contributed by atoms with Gasteiger partial charge in [-0.25, -0.2) is 4.79 Å². The van der Waals surface area contributed by atoms with Crippen molar-refractivity contribution < 1.29 is 23.1 Å². The summed E-state index contributed by atoms with van der Waals surface area (Å²) in [5, 5.41) is 0. The first kappa shape index (κ1) is 19.4. The van der Waals surface area contributed by atoms with Gasteiger partial charge in [0.2, 0.25) is 5.85 Å². The minimum Gasteiger partial charge on any atom is -0.441 e. The zero-order chi connectivity index (χ0) is 18.3. The Kier molecular flexibility index (Phi) is 6.94. The molecule has 6 heteroatoms.